The van der Waals surface area contributed by atoms with Gasteiger partial charge in [-0.05, 0) is 26.1 Å². The van der Waals surface area contributed by atoms with E-state index in [1.54, 1.807) is 6.07 Å². The number of rotatable bonds is 3. The van der Waals surface area contributed by atoms with Crippen LogP contribution in [0.4, 0.5) is 0 Å². The molecule has 88 valence electrons. The normalized spacial score (nSPS) is 23.5. The number of aldehydes is 1. The Bertz CT molecular complexity index is 362. The van der Waals surface area contributed by atoms with Crippen molar-refractivity contribution in [1.29, 1.82) is 0 Å². The molecule has 4 heteroatoms. The van der Waals surface area contributed by atoms with E-state index in [0.717, 1.165) is 38.2 Å². The molecule has 1 atom stereocenters. The van der Waals surface area contributed by atoms with Crippen LogP contribution in [0.1, 0.15) is 23.2 Å². The molecule has 1 aliphatic rings. The molecule has 0 spiro atoms. The predicted molar refractivity (Wildman–Crippen MR) is 61.5 cm³/mol. The maximum atomic E-state index is 10.5. The highest BCUT2D eigenvalue weighted by atomic mass is 16.3. The van der Waals surface area contributed by atoms with E-state index < -0.39 is 0 Å². The molecule has 4 nitrogen and oxygen atoms in total. The Morgan fingerprint density at radius 2 is 2.31 bits per heavy atom. The smallest absolute Gasteiger partial charge is 0.185 e. The minimum absolute atomic E-state index is 0.414. The van der Waals surface area contributed by atoms with Crippen molar-refractivity contribution < 1.29 is 9.21 Å². The van der Waals surface area contributed by atoms with Gasteiger partial charge in [-0.3, -0.25) is 9.69 Å². The zero-order chi connectivity index (χ0) is 11.5. The van der Waals surface area contributed by atoms with Gasteiger partial charge in [0.25, 0.3) is 0 Å². The van der Waals surface area contributed by atoms with Crippen LogP contribution < -0.4 is 0 Å². The summed E-state index contributed by atoms with van der Waals surface area (Å²) in [5.41, 5.74) is 0. The molecule has 1 unspecified atom stereocenters. The van der Waals surface area contributed by atoms with Crippen molar-refractivity contribution in [1.82, 2.24) is 9.80 Å². The summed E-state index contributed by atoms with van der Waals surface area (Å²) in [5.74, 6) is 1.29. The summed E-state index contributed by atoms with van der Waals surface area (Å²) in [6.45, 7) is 6.21. The van der Waals surface area contributed by atoms with E-state index in [4.69, 9.17) is 4.42 Å². The summed E-state index contributed by atoms with van der Waals surface area (Å²) in [5, 5.41) is 0. The van der Waals surface area contributed by atoms with Crippen LogP contribution in [-0.2, 0) is 6.54 Å². The SMILES string of the molecule is CC1CN(Cc2ccc(C=O)o2)CCN1C. The van der Waals surface area contributed by atoms with Crippen molar-refractivity contribution in [3.63, 3.8) is 0 Å². The Kier molecular flexibility index (Phi) is 3.41. The van der Waals surface area contributed by atoms with Gasteiger partial charge in [0.1, 0.15) is 5.76 Å². The standard InChI is InChI=1S/C12H18N2O2/c1-10-7-14(6-5-13(10)2)8-11-3-4-12(9-15)16-11/h3-4,9-10H,5-8H2,1-2H3. The van der Waals surface area contributed by atoms with Gasteiger partial charge in [-0.25, -0.2) is 0 Å². The molecule has 1 aromatic rings. The first-order valence-corrected chi connectivity index (χ1v) is 5.65. The average molecular weight is 222 g/mol. The van der Waals surface area contributed by atoms with Crippen molar-refractivity contribution in [2.45, 2.75) is 19.5 Å². The topological polar surface area (TPSA) is 36.7 Å². The number of hydrogen-bond donors (Lipinski definition) is 0. The third-order valence-electron chi connectivity index (χ3n) is 3.22. The molecule has 0 amide bonds. The quantitative estimate of drug-likeness (QED) is 0.721. The third kappa shape index (κ3) is 2.51. The van der Waals surface area contributed by atoms with Crippen molar-refractivity contribution in [2.24, 2.45) is 0 Å². The van der Waals surface area contributed by atoms with E-state index in [1.165, 1.54) is 0 Å². The fourth-order valence-corrected chi connectivity index (χ4v) is 2.03. The second-order valence-corrected chi connectivity index (χ2v) is 4.49. The van der Waals surface area contributed by atoms with E-state index in [0.29, 0.717) is 11.8 Å². The molecule has 2 rings (SSSR count). The Morgan fingerprint density at radius 3 is 2.94 bits per heavy atom. The number of likely N-dealkylation sites (N-methyl/N-ethyl adjacent to an activating group) is 1. The second-order valence-electron chi connectivity index (χ2n) is 4.49. The van der Waals surface area contributed by atoms with Crippen LogP contribution in [0.5, 0.6) is 0 Å². The van der Waals surface area contributed by atoms with Crippen LogP contribution in [0, 0.1) is 0 Å². The van der Waals surface area contributed by atoms with Gasteiger partial charge in [-0.1, -0.05) is 0 Å². The van der Waals surface area contributed by atoms with Crippen molar-refractivity contribution in [2.75, 3.05) is 26.7 Å². The molecule has 0 saturated carbocycles. The van der Waals surface area contributed by atoms with Gasteiger partial charge in [0.15, 0.2) is 12.0 Å². The summed E-state index contributed by atoms with van der Waals surface area (Å²) in [6, 6.07) is 4.18. The molecule has 0 radical (unpaired) electrons. The molecule has 2 heterocycles. The summed E-state index contributed by atoms with van der Waals surface area (Å²) < 4.78 is 5.37. The van der Waals surface area contributed by atoms with Gasteiger partial charge >= 0.3 is 0 Å². The zero-order valence-electron chi connectivity index (χ0n) is 9.85. The van der Waals surface area contributed by atoms with Crippen LogP contribution >= 0.6 is 0 Å². The molecule has 0 aromatic carbocycles. The second kappa shape index (κ2) is 4.80. The number of carbonyl (C=O) groups is 1. The van der Waals surface area contributed by atoms with Gasteiger partial charge in [-0.15, -0.1) is 0 Å². The number of furan rings is 1. The van der Waals surface area contributed by atoms with E-state index in [9.17, 15) is 4.79 Å². The molecule has 0 aliphatic carbocycles. The van der Waals surface area contributed by atoms with Gasteiger partial charge < -0.3 is 9.32 Å². The fourth-order valence-electron chi connectivity index (χ4n) is 2.03. The Morgan fingerprint density at radius 1 is 1.50 bits per heavy atom. The molecule has 0 bridgehead atoms. The fraction of sp³-hybridized carbons (Fsp3) is 0.583. The van der Waals surface area contributed by atoms with Crippen LogP contribution in [0.25, 0.3) is 0 Å². The van der Waals surface area contributed by atoms with Crippen LogP contribution in [0.2, 0.25) is 0 Å². The highest BCUT2D eigenvalue weighted by Gasteiger charge is 2.21. The zero-order valence-corrected chi connectivity index (χ0v) is 9.85. The van der Waals surface area contributed by atoms with E-state index >= 15 is 0 Å². The van der Waals surface area contributed by atoms with Crippen LogP contribution in [0.3, 0.4) is 0 Å². The van der Waals surface area contributed by atoms with Crippen molar-refractivity contribution in [3.05, 3.63) is 23.7 Å². The van der Waals surface area contributed by atoms with E-state index in [2.05, 4.69) is 23.8 Å². The number of hydrogen-bond acceptors (Lipinski definition) is 4. The molecule has 1 aromatic heterocycles. The number of nitrogens with zero attached hydrogens (tertiary/aromatic N) is 2. The molecule has 1 fully saturated rings. The minimum Gasteiger partial charge on any atom is -0.457 e. The van der Waals surface area contributed by atoms with Gasteiger partial charge in [0.05, 0.1) is 6.54 Å². The van der Waals surface area contributed by atoms with E-state index in [-0.39, 0.29) is 0 Å². The monoisotopic (exact) mass is 222 g/mol. The molecule has 0 N–H and O–H groups in total. The lowest BCUT2D eigenvalue weighted by Gasteiger charge is -2.37. The van der Waals surface area contributed by atoms with Gasteiger partial charge in [-0.2, -0.15) is 0 Å². The Labute approximate surface area is 95.8 Å². The number of carbonyl (C=O) groups excluding carboxylic acids is 1. The first-order valence-electron chi connectivity index (χ1n) is 5.65. The highest BCUT2D eigenvalue weighted by molar-refractivity contribution is 5.70. The Hall–Kier alpha value is -1.13. The molecule has 1 aliphatic heterocycles. The highest BCUT2D eigenvalue weighted by Crippen LogP contribution is 2.13. The van der Waals surface area contributed by atoms with Gasteiger partial charge in [0, 0.05) is 25.7 Å². The summed E-state index contributed by atoms with van der Waals surface area (Å²) in [6.07, 6.45) is 0.746. The Balaban J connectivity index is 1.92. The number of piperazine rings is 1. The molecule has 1 saturated heterocycles. The third-order valence-corrected chi connectivity index (χ3v) is 3.22. The van der Waals surface area contributed by atoms with Crippen molar-refractivity contribution >= 4 is 6.29 Å². The molecular formula is C12H18N2O2. The van der Waals surface area contributed by atoms with Crippen molar-refractivity contribution in [3.8, 4) is 0 Å². The first-order chi connectivity index (χ1) is 7.69. The minimum atomic E-state index is 0.414. The summed E-state index contributed by atoms with van der Waals surface area (Å²) in [4.78, 5) is 15.2. The predicted octanol–water partition coefficient (Wildman–Crippen LogP) is 1.23. The lowest BCUT2D eigenvalue weighted by molar-refractivity contribution is 0.0935. The average Bonchev–Trinajstić information content (AvgIpc) is 2.71. The summed E-state index contributed by atoms with van der Waals surface area (Å²) >= 11 is 0. The lowest BCUT2D eigenvalue weighted by atomic mass is 10.2. The van der Waals surface area contributed by atoms with Crippen LogP contribution in [0.15, 0.2) is 16.5 Å². The van der Waals surface area contributed by atoms with Gasteiger partial charge in [0.2, 0.25) is 0 Å². The molecular weight excluding hydrogens is 204 g/mol. The summed E-state index contributed by atoms with van der Waals surface area (Å²) in [7, 11) is 2.15. The molecule has 16 heavy (non-hydrogen) atoms. The maximum Gasteiger partial charge on any atom is 0.185 e. The lowest BCUT2D eigenvalue weighted by Crippen LogP contribution is -2.49. The first kappa shape index (κ1) is 11.4. The van der Waals surface area contributed by atoms with Crippen LogP contribution in [-0.4, -0.2) is 48.8 Å². The largest absolute Gasteiger partial charge is 0.457 e. The maximum absolute atomic E-state index is 10.5. The van der Waals surface area contributed by atoms with E-state index in [1.807, 2.05) is 6.07 Å².